The van der Waals surface area contributed by atoms with E-state index in [-0.39, 0.29) is 5.56 Å². The van der Waals surface area contributed by atoms with Gasteiger partial charge in [0.1, 0.15) is 6.04 Å². The second kappa shape index (κ2) is 6.51. The Morgan fingerprint density at radius 1 is 1.32 bits per heavy atom. The Balaban J connectivity index is 2.01. The van der Waals surface area contributed by atoms with Gasteiger partial charge in [-0.25, -0.2) is 0 Å². The van der Waals surface area contributed by atoms with Crippen molar-refractivity contribution >= 4 is 5.91 Å². The van der Waals surface area contributed by atoms with Crippen molar-refractivity contribution in [1.82, 2.24) is 20.0 Å². The monoisotopic (exact) mass is 352 g/mol. The SMILES string of the molecule is Cc1cnn(C)c1CN1CCNC(=O)C1c1ccccc1C(F)(F)F. The van der Waals surface area contributed by atoms with Crippen molar-refractivity contribution < 1.29 is 18.0 Å². The highest BCUT2D eigenvalue weighted by atomic mass is 19.4. The third kappa shape index (κ3) is 3.39. The smallest absolute Gasteiger partial charge is 0.353 e. The van der Waals surface area contributed by atoms with Crippen LogP contribution in [-0.2, 0) is 24.6 Å². The number of benzene rings is 1. The van der Waals surface area contributed by atoms with Gasteiger partial charge in [0.25, 0.3) is 0 Å². The van der Waals surface area contributed by atoms with Crippen molar-refractivity contribution in [3.8, 4) is 0 Å². The molecular weight excluding hydrogens is 333 g/mol. The molecule has 0 bridgehead atoms. The van der Waals surface area contributed by atoms with Crippen LogP contribution >= 0.6 is 0 Å². The van der Waals surface area contributed by atoms with Gasteiger partial charge >= 0.3 is 6.18 Å². The number of halogens is 3. The summed E-state index contributed by atoms with van der Waals surface area (Å²) < 4.78 is 41.9. The Hall–Kier alpha value is -2.35. The topological polar surface area (TPSA) is 50.2 Å². The fraction of sp³-hybridized carbons (Fsp3) is 0.412. The first-order chi connectivity index (χ1) is 11.8. The van der Waals surface area contributed by atoms with Crippen LogP contribution in [0.15, 0.2) is 30.5 Å². The number of carbonyl (C=O) groups is 1. The largest absolute Gasteiger partial charge is 0.416 e. The van der Waals surface area contributed by atoms with Crippen molar-refractivity contribution in [2.24, 2.45) is 7.05 Å². The summed E-state index contributed by atoms with van der Waals surface area (Å²) in [5.74, 6) is -0.414. The maximum Gasteiger partial charge on any atom is 0.416 e. The quantitative estimate of drug-likeness (QED) is 0.923. The molecule has 0 spiro atoms. The van der Waals surface area contributed by atoms with Crippen LogP contribution in [0.2, 0.25) is 0 Å². The van der Waals surface area contributed by atoms with Crippen molar-refractivity contribution in [2.75, 3.05) is 13.1 Å². The average molecular weight is 352 g/mol. The van der Waals surface area contributed by atoms with Gasteiger partial charge in [-0.1, -0.05) is 18.2 Å². The molecule has 1 N–H and O–H groups in total. The van der Waals surface area contributed by atoms with E-state index in [1.165, 1.54) is 18.2 Å². The zero-order valence-corrected chi connectivity index (χ0v) is 14.0. The van der Waals surface area contributed by atoms with E-state index in [2.05, 4.69) is 10.4 Å². The Morgan fingerprint density at radius 3 is 2.68 bits per heavy atom. The summed E-state index contributed by atoms with van der Waals surface area (Å²) in [4.78, 5) is 14.2. The molecule has 1 unspecified atom stereocenters. The highest BCUT2D eigenvalue weighted by Crippen LogP contribution is 2.37. The molecule has 1 amide bonds. The molecular formula is C17H19F3N4O. The number of hydrogen-bond donors (Lipinski definition) is 1. The van der Waals surface area contributed by atoms with Crippen LogP contribution in [0, 0.1) is 6.92 Å². The van der Waals surface area contributed by atoms with Crippen LogP contribution in [0.4, 0.5) is 13.2 Å². The summed E-state index contributed by atoms with van der Waals surface area (Å²) in [6.45, 7) is 3.12. The van der Waals surface area contributed by atoms with Gasteiger partial charge in [0.2, 0.25) is 5.91 Å². The lowest BCUT2D eigenvalue weighted by molar-refractivity contribution is -0.140. The fourth-order valence-corrected chi connectivity index (χ4v) is 3.21. The molecule has 8 heteroatoms. The van der Waals surface area contributed by atoms with Gasteiger partial charge in [0.15, 0.2) is 0 Å². The second-order valence-electron chi connectivity index (χ2n) is 6.15. The molecule has 1 fully saturated rings. The standard InChI is InChI=1S/C17H19F3N4O/c1-11-9-22-23(2)14(11)10-24-8-7-21-16(25)15(24)12-5-3-4-6-13(12)17(18,19)20/h3-6,9,15H,7-8,10H2,1-2H3,(H,21,25). The number of alkyl halides is 3. The lowest BCUT2D eigenvalue weighted by Gasteiger charge is -2.36. The van der Waals surface area contributed by atoms with E-state index in [0.29, 0.717) is 19.6 Å². The highest BCUT2D eigenvalue weighted by Gasteiger charge is 2.40. The van der Waals surface area contributed by atoms with E-state index < -0.39 is 23.7 Å². The van der Waals surface area contributed by atoms with Crippen LogP contribution in [0.5, 0.6) is 0 Å². The van der Waals surface area contributed by atoms with Gasteiger partial charge in [-0.2, -0.15) is 18.3 Å². The van der Waals surface area contributed by atoms with Gasteiger partial charge in [-0.05, 0) is 24.1 Å². The van der Waals surface area contributed by atoms with E-state index in [1.54, 1.807) is 22.8 Å². The lowest BCUT2D eigenvalue weighted by Crippen LogP contribution is -2.50. The molecule has 1 aliphatic heterocycles. The summed E-state index contributed by atoms with van der Waals surface area (Å²) >= 11 is 0. The van der Waals surface area contributed by atoms with Gasteiger partial charge in [0.05, 0.1) is 17.5 Å². The van der Waals surface area contributed by atoms with Gasteiger partial charge in [-0.15, -0.1) is 0 Å². The van der Waals surface area contributed by atoms with Crippen molar-refractivity contribution in [3.05, 3.63) is 52.8 Å². The van der Waals surface area contributed by atoms with Crippen LogP contribution in [0.25, 0.3) is 0 Å². The maximum absolute atomic E-state index is 13.4. The van der Waals surface area contributed by atoms with E-state index in [1.807, 2.05) is 6.92 Å². The second-order valence-corrected chi connectivity index (χ2v) is 6.15. The molecule has 1 saturated heterocycles. The number of aromatic nitrogens is 2. The minimum Gasteiger partial charge on any atom is -0.353 e. The normalized spacial score (nSPS) is 19.1. The maximum atomic E-state index is 13.4. The van der Waals surface area contributed by atoms with Crippen LogP contribution in [-0.4, -0.2) is 33.7 Å². The summed E-state index contributed by atoms with van der Waals surface area (Å²) in [7, 11) is 1.78. The van der Waals surface area contributed by atoms with Crippen molar-refractivity contribution in [3.63, 3.8) is 0 Å². The van der Waals surface area contributed by atoms with Crippen molar-refractivity contribution in [1.29, 1.82) is 0 Å². The Kier molecular flexibility index (Phi) is 4.55. The molecule has 1 aromatic heterocycles. The molecule has 3 rings (SSSR count). The fourth-order valence-electron chi connectivity index (χ4n) is 3.21. The predicted octanol–water partition coefficient (Wildman–Crippen LogP) is 2.42. The third-order valence-corrected chi connectivity index (χ3v) is 4.50. The molecule has 2 heterocycles. The number of piperazine rings is 1. The molecule has 0 saturated carbocycles. The first kappa shape index (κ1) is 17.5. The molecule has 134 valence electrons. The molecule has 5 nitrogen and oxygen atoms in total. The first-order valence-electron chi connectivity index (χ1n) is 7.94. The Labute approximate surface area is 143 Å². The highest BCUT2D eigenvalue weighted by molar-refractivity contribution is 5.84. The van der Waals surface area contributed by atoms with Crippen LogP contribution in [0.1, 0.15) is 28.4 Å². The summed E-state index contributed by atoms with van der Waals surface area (Å²) in [6, 6.07) is 4.27. The van der Waals surface area contributed by atoms with E-state index in [4.69, 9.17) is 0 Å². The number of nitrogens with zero attached hydrogens (tertiary/aromatic N) is 3. The average Bonchev–Trinajstić information content (AvgIpc) is 2.86. The minimum atomic E-state index is -4.51. The van der Waals surface area contributed by atoms with Gasteiger partial charge in [-0.3, -0.25) is 14.4 Å². The number of hydrogen-bond acceptors (Lipinski definition) is 3. The summed E-state index contributed by atoms with van der Waals surface area (Å²) in [5.41, 5.74) is 1.02. The van der Waals surface area contributed by atoms with E-state index in [9.17, 15) is 18.0 Å². The molecule has 1 aromatic carbocycles. The zero-order chi connectivity index (χ0) is 18.2. The minimum absolute atomic E-state index is 0.0213. The Bertz CT molecular complexity index is 765. The summed E-state index contributed by atoms with van der Waals surface area (Å²) in [5, 5.41) is 6.84. The van der Waals surface area contributed by atoms with Gasteiger partial charge < -0.3 is 5.32 Å². The predicted molar refractivity (Wildman–Crippen MR) is 85.5 cm³/mol. The lowest BCUT2D eigenvalue weighted by atomic mass is 9.96. The van der Waals surface area contributed by atoms with Crippen LogP contribution in [0.3, 0.4) is 0 Å². The first-order valence-corrected chi connectivity index (χ1v) is 7.94. The zero-order valence-electron chi connectivity index (χ0n) is 14.0. The number of carbonyl (C=O) groups excluding carboxylic acids is 1. The number of amides is 1. The summed E-state index contributed by atoms with van der Waals surface area (Å²) in [6.07, 6.45) is -2.81. The van der Waals surface area contributed by atoms with E-state index >= 15 is 0 Å². The number of nitrogens with one attached hydrogen (secondary N) is 1. The number of rotatable bonds is 3. The molecule has 2 aromatic rings. The third-order valence-electron chi connectivity index (χ3n) is 4.50. The number of aryl methyl sites for hydroxylation is 2. The van der Waals surface area contributed by atoms with Crippen molar-refractivity contribution in [2.45, 2.75) is 25.7 Å². The molecule has 0 aliphatic carbocycles. The molecule has 25 heavy (non-hydrogen) atoms. The van der Waals surface area contributed by atoms with Crippen LogP contribution < -0.4 is 5.32 Å². The van der Waals surface area contributed by atoms with Gasteiger partial charge in [0, 0.05) is 26.7 Å². The molecule has 1 aliphatic rings. The molecule has 0 radical (unpaired) electrons. The Morgan fingerprint density at radius 2 is 2.04 bits per heavy atom. The molecule has 1 atom stereocenters. The van der Waals surface area contributed by atoms with E-state index in [0.717, 1.165) is 17.3 Å².